The van der Waals surface area contributed by atoms with E-state index in [1.165, 1.54) is 19.3 Å². The average Bonchev–Trinajstić information content (AvgIpc) is 3.18. The topological polar surface area (TPSA) is 65.7 Å². The van der Waals surface area contributed by atoms with Crippen LogP contribution in [0.25, 0.3) is 33.3 Å². The van der Waals surface area contributed by atoms with E-state index in [1.54, 1.807) is 7.11 Å². The van der Waals surface area contributed by atoms with Gasteiger partial charge in [0.2, 0.25) is 5.88 Å². The van der Waals surface area contributed by atoms with Crippen molar-refractivity contribution in [1.82, 2.24) is 25.0 Å². The molecule has 0 saturated heterocycles. The molecule has 3 aromatic heterocycles. The first-order valence-corrected chi connectivity index (χ1v) is 10.0. The van der Waals surface area contributed by atoms with Gasteiger partial charge in [-0.3, -0.25) is 9.67 Å². The first-order chi connectivity index (χ1) is 14.2. The second kappa shape index (κ2) is 7.28. The quantitative estimate of drug-likeness (QED) is 0.499. The van der Waals surface area contributed by atoms with Crippen LogP contribution < -0.4 is 4.74 Å². The number of ether oxygens (including phenoxy) is 1. The Morgan fingerprint density at radius 3 is 2.76 bits per heavy atom. The van der Waals surface area contributed by atoms with E-state index in [0.717, 1.165) is 51.4 Å². The Balaban J connectivity index is 1.55. The van der Waals surface area contributed by atoms with Gasteiger partial charge in [-0.15, -0.1) is 10.2 Å². The molecule has 29 heavy (non-hydrogen) atoms. The molecule has 0 unspecified atom stereocenters. The number of benzene rings is 1. The molecule has 6 nitrogen and oxygen atoms in total. The van der Waals surface area contributed by atoms with Gasteiger partial charge >= 0.3 is 0 Å². The van der Waals surface area contributed by atoms with Crippen LogP contribution in [0, 0.1) is 12.8 Å². The highest BCUT2D eigenvalue weighted by atomic mass is 16.5. The molecule has 0 N–H and O–H groups in total. The number of methoxy groups -OCH3 is 1. The van der Waals surface area contributed by atoms with Crippen LogP contribution in [0.3, 0.4) is 0 Å². The lowest BCUT2D eigenvalue weighted by molar-refractivity contribution is 0.266. The molecular formula is C23H23N5O. The lowest BCUT2D eigenvalue weighted by Gasteiger charge is -2.24. The van der Waals surface area contributed by atoms with E-state index in [1.807, 2.05) is 37.4 Å². The first-order valence-electron chi connectivity index (χ1n) is 10.0. The minimum atomic E-state index is 0.512. The molecule has 1 aromatic carbocycles. The predicted molar refractivity (Wildman–Crippen MR) is 113 cm³/mol. The number of hydrogen-bond donors (Lipinski definition) is 0. The van der Waals surface area contributed by atoms with Crippen molar-refractivity contribution < 1.29 is 4.74 Å². The highest BCUT2D eigenvalue weighted by Gasteiger charge is 2.19. The van der Waals surface area contributed by atoms with Gasteiger partial charge in [0.1, 0.15) is 0 Å². The van der Waals surface area contributed by atoms with Crippen molar-refractivity contribution in [1.29, 1.82) is 0 Å². The van der Waals surface area contributed by atoms with E-state index in [-0.39, 0.29) is 0 Å². The van der Waals surface area contributed by atoms with Crippen LogP contribution in [0.5, 0.6) is 5.88 Å². The fourth-order valence-electron chi connectivity index (χ4n) is 3.82. The van der Waals surface area contributed by atoms with Crippen LogP contribution in [0.15, 0.2) is 48.8 Å². The summed E-state index contributed by atoms with van der Waals surface area (Å²) in [6, 6.07) is 12.2. The molecule has 0 radical (unpaired) electrons. The van der Waals surface area contributed by atoms with Gasteiger partial charge in [-0.05, 0) is 37.8 Å². The van der Waals surface area contributed by atoms with Crippen molar-refractivity contribution in [3.63, 3.8) is 0 Å². The summed E-state index contributed by atoms with van der Waals surface area (Å²) in [4.78, 5) is 4.85. The number of hydrogen-bond acceptors (Lipinski definition) is 5. The van der Waals surface area contributed by atoms with Gasteiger partial charge in [-0.1, -0.05) is 24.6 Å². The molecule has 6 heteroatoms. The lowest BCUT2D eigenvalue weighted by atomic mass is 9.85. The Bertz CT molecular complexity index is 1180. The van der Waals surface area contributed by atoms with Gasteiger partial charge in [0.05, 0.1) is 24.5 Å². The van der Waals surface area contributed by atoms with E-state index in [2.05, 4.69) is 38.3 Å². The fraction of sp³-hybridized carbons (Fsp3) is 0.304. The van der Waals surface area contributed by atoms with Crippen LogP contribution in [0.1, 0.15) is 25.0 Å². The van der Waals surface area contributed by atoms with Crippen molar-refractivity contribution in [2.24, 2.45) is 5.92 Å². The van der Waals surface area contributed by atoms with Gasteiger partial charge in [0.25, 0.3) is 0 Å². The summed E-state index contributed by atoms with van der Waals surface area (Å²) in [6.45, 7) is 3.01. The molecule has 1 saturated carbocycles. The molecule has 3 heterocycles. The summed E-state index contributed by atoms with van der Waals surface area (Å²) in [5.41, 5.74) is 5.92. The monoisotopic (exact) mass is 385 g/mol. The zero-order chi connectivity index (χ0) is 19.8. The molecule has 0 atom stereocenters. The minimum Gasteiger partial charge on any atom is -0.480 e. The number of rotatable bonds is 5. The van der Waals surface area contributed by atoms with E-state index in [0.29, 0.717) is 5.88 Å². The Morgan fingerprint density at radius 1 is 1.07 bits per heavy atom. The molecule has 1 fully saturated rings. The standard InChI is InChI=1S/C23H23N5O/c1-15-6-9-20(19-12-24-28(14-19)13-16-4-3-5-16)23(25-15)18-8-7-17-11-22(29-2)27-26-21(17)10-18/h6-12,14,16H,3-5,13H2,1-2H3. The van der Waals surface area contributed by atoms with E-state index >= 15 is 0 Å². The molecular weight excluding hydrogens is 362 g/mol. The smallest absolute Gasteiger partial charge is 0.233 e. The second-order valence-corrected chi connectivity index (χ2v) is 7.76. The minimum absolute atomic E-state index is 0.512. The summed E-state index contributed by atoms with van der Waals surface area (Å²) in [5, 5.41) is 14.0. The highest BCUT2D eigenvalue weighted by Crippen LogP contribution is 2.33. The zero-order valence-corrected chi connectivity index (χ0v) is 16.7. The summed E-state index contributed by atoms with van der Waals surface area (Å²) in [6.07, 6.45) is 8.06. The predicted octanol–water partition coefficient (Wildman–Crippen LogP) is 4.67. The summed E-state index contributed by atoms with van der Waals surface area (Å²) >= 11 is 0. The van der Waals surface area contributed by atoms with Crippen molar-refractivity contribution in [2.75, 3.05) is 7.11 Å². The largest absolute Gasteiger partial charge is 0.480 e. The Kier molecular flexibility index (Phi) is 4.46. The van der Waals surface area contributed by atoms with Crippen LogP contribution in [0.2, 0.25) is 0 Å². The van der Waals surface area contributed by atoms with Gasteiger partial charge in [-0.2, -0.15) is 5.10 Å². The third kappa shape index (κ3) is 3.46. The van der Waals surface area contributed by atoms with Crippen LogP contribution in [-0.4, -0.2) is 32.1 Å². The molecule has 4 aromatic rings. The number of nitrogens with zero attached hydrogens (tertiary/aromatic N) is 5. The van der Waals surface area contributed by atoms with Crippen molar-refractivity contribution in [2.45, 2.75) is 32.7 Å². The van der Waals surface area contributed by atoms with Gasteiger partial charge in [-0.25, -0.2) is 0 Å². The Morgan fingerprint density at radius 2 is 1.97 bits per heavy atom. The third-order valence-corrected chi connectivity index (χ3v) is 5.70. The van der Waals surface area contributed by atoms with E-state index in [9.17, 15) is 0 Å². The highest BCUT2D eigenvalue weighted by molar-refractivity contribution is 5.88. The molecule has 1 aliphatic carbocycles. The van der Waals surface area contributed by atoms with Crippen LogP contribution in [-0.2, 0) is 6.54 Å². The van der Waals surface area contributed by atoms with Crippen LogP contribution >= 0.6 is 0 Å². The molecule has 0 spiro atoms. The van der Waals surface area contributed by atoms with E-state index in [4.69, 9.17) is 9.72 Å². The molecule has 146 valence electrons. The second-order valence-electron chi connectivity index (χ2n) is 7.76. The summed E-state index contributed by atoms with van der Waals surface area (Å²) in [7, 11) is 1.60. The first kappa shape index (κ1) is 17.8. The Hall–Kier alpha value is -3.28. The lowest BCUT2D eigenvalue weighted by Crippen LogP contribution is -2.18. The van der Waals surface area contributed by atoms with Crippen LogP contribution in [0.4, 0.5) is 0 Å². The van der Waals surface area contributed by atoms with Gasteiger partial charge in [0, 0.05) is 46.6 Å². The van der Waals surface area contributed by atoms with Crippen molar-refractivity contribution in [3.8, 4) is 28.3 Å². The maximum atomic E-state index is 5.18. The normalized spacial score (nSPS) is 14.1. The number of pyridine rings is 1. The van der Waals surface area contributed by atoms with Gasteiger partial charge < -0.3 is 4.74 Å². The Labute approximate surface area is 169 Å². The molecule has 0 aliphatic heterocycles. The van der Waals surface area contributed by atoms with Crippen molar-refractivity contribution >= 4 is 10.9 Å². The molecule has 1 aliphatic rings. The SMILES string of the molecule is COc1cc2ccc(-c3nc(C)ccc3-c3cnn(CC4CCC4)c3)cc2nn1. The molecule has 0 amide bonds. The third-order valence-electron chi connectivity index (χ3n) is 5.70. The molecule has 0 bridgehead atoms. The van der Waals surface area contributed by atoms with Crippen molar-refractivity contribution in [3.05, 3.63) is 54.5 Å². The zero-order valence-electron chi connectivity index (χ0n) is 16.7. The maximum Gasteiger partial charge on any atom is 0.233 e. The molecule has 5 rings (SSSR count). The van der Waals surface area contributed by atoms with Gasteiger partial charge in [0.15, 0.2) is 0 Å². The summed E-state index contributed by atoms with van der Waals surface area (Å²) < 4.78 is 7.25. The van der Waals surface area contributed by atoms with E-state index < -0.39 is 0 Å². The average molecular weight is 385 g/mol. The number of aryl methyl sites for hydroxylation is 1. The maximum absolute atomic E-state index is 5.18. The summed E-state index contributed by atoms with van der Waals surface area (Å²) in [5.74, 6) is 1.29. The number of aromatic nitrogens is 5. The number of fused-ring (bicyclic) bond motifs is 1. The fourth-order valence-corrected chi connectivity index (χ4v) is 3.82.